The average molecular weight is 262 g/mol. The van der Waals surface area contributed by atoms with Crippen LogP contribution in [0.1, 0.15) is 38.3 Å². The molecule has 0 saturated carbocycles. The summed E-state index contributed by atoms with van der Waals surface area (Å²) >= 11 is 0. The molecular formula is C16H26N2O. The number of anilines is 1. The van der Waals surface area contributed by atoms with E-state index < -0.39 is 0 Å². The Labute approximate surface area is 116 Å². The fourth-order valence-corrected chi connectivity index (χ4v) is 1.86. The zero-order chi connectivity index (χ0) is 14.5. The van der Waals surface area contributed by atoms with E-state index in [2.05, 4.69) is 31.4 Å². The van der Waals surface area contributed by atoms with Gasteiger partial charge < -0.3 is 10.6 Å². The first-order valence-corrected chi connectivity index (χ1v) is 6.86. The maximum absolute atomic E-state index is 11.9. The smallest absolute Gasteiger partial charge is 0.238 e. The number of amides is 1. The normalized spacial score (nSPS) is 11.4. The Morgan fingerprint density at radius 2 is 1.74 bits per heavy atom. The van der Waals surface area contributed by atoms with Gasteiger partial charge in [0, 0.05) is 5.69 Å². The van der Waals surface area contributed by atoms with Gasteiger partial charge in [-0.15, -0.1) is 0 Å². The standard InChI is InChI=1S/C16H26N2O/c1-12-7-6-8-13(2)15(12)18-14(19)11-17-10-9-16(3,4)5/h6-8,17H,9-11H2,1-5H3,(H,18,19). The summed E-state index contributed by atoms with van der Waals surface area (Å²) in [6.45, 7) is 11.8. The first kappa shape index (κ1) is 15.7. The van der Waals surface area contributed by atoms with Crippen molar-refractivity contribution < 1.29 is 4.79 Å². The van der Waals surface area contributed by atoms with Crippen LogP contribution in [-0.2, 0) is 4.79 Å². The Hall–Kier alpha value is -1.35. The van der Waals surface area contributed by atoms with Gasteiger partial charge in [-0.25, -0.2) is 0 Å². The number of benzene rings is 1. The van der Waals surface area contributed by atoms with E-state index in [0.29, 0.717) is 12.0 Å². The van der Waals surface area contributed by atoms with Gasteiger partial charge in [-0.1, -0.05) is 39.0 Å². The molecule has 0 aliphatic heterocycles. The lowest BCUT2D eigenvalue weighted by Gasteiger charge is -2.18. The maximum atomic E-state index is 11.9. The number of carbonyl (C=O) groups is 1. The molecule has 3 heteroatoms. The third-order valence-corrected chi connectivity index (χ3v) is 3.08. The van der Waals surface area contributed by atoms with Gasteiger partial charge in [0.25, 0.3) is 0 Å². The highest BCUT2D eigenvalue weighted by Crippen LogP contribution is 2.19. The van der Waals surface area contributed by atoms with Crippen LogP contribution in [0.5, 0.6) is 0 Å². The summed E-state index contributed by atoms with van der Waals surface area (Å²) in [7, 11) is 0. The molecular weight excluding hydrogens is 236 g/mol. The van der Waals surface area contributed by atoms with Gasteiger partial charge in [-0.05, 0) is 43.4 Å². The van der Waals surface area contributed by atoms with Crippen molar-refractivity contribution in [3.8, 4) is 0 Å². The molecule has 0 fully saturated rings. The Morgan fingerprint density at radius 3 is 2.26 bits per heavy atom. The number of para-hydroxylation sites is 1. The fourth-order valence-electron chi connectivity index (χ4n) is 1.86. The Morgan fingerprint density at radius 1 is 1.16 bits per heavy atom. The van der Waals surface area contributed by atoms with Gasteiger partial charge in [0.1, 0.15) is 0 Å². The van der Waals surface area contributed by atoms with Gasteiger partial charge in [0.2, 0.25) is 5.91 Å². The monoisotopic (exact) mass is 262 g/mol. The van der Waals surface area contributed by atoms with Crippen LogP contribution in [0.3, 0.4) is 0 Å². The van der Waals surface area contributed by atoms with Crippen LogP contribution in [0, 0.1) is 19.3 Å². The molecule has 1 aromatic carbocycles. The van der Waals surface area contributed by atoms with E-state index in [1.165, 1.54) is 0 Å². The van der Waals surface area contributed by atoms with E-state index in [0.717, 1.165) is 29.8 Å². The molecule has 19 heavy (non-hydrogen) atoms. The zero-order valence-electron chi connectivity index (χ0n) is 12.8. The Kier molecular flexibility index (Phi) is 5.55. The second-order valence-corrected chi connectivity index (χ2v) is 6.30. The molecule has 106 valence electrons. The molecule has 1 rings (SSSR count). The van der Waals surface area contributed by atoms with Crippen molar-refractivity contribution >= 4 is 11.6 Å². The van der Waals surface area contributed by atoms with Crippen LogP contribution < -0.4 is 10.6 Å². The summed E-state index contributed by atoms with van der Waals surface area (Å²) in [6, 6.07) is 6.02. The van der Waals surface area contributed by atoms with Crippen molar-refractivity contribution in [2.75, 3.05) is 18.4 Å². The topological polar surface area (TPSA) is 41.1 Å². The lowest BCUT2D eigenvalue weighted by Crippen LogP contribution is -2.30. The summed E-state index contributed by atoms with van der Waals surface area (Å²) in [4.78, 5) is 11.9. The molecule has 0 heterocycles. The number of aryl methyl sites for hydroxylation is 2. The largest absolute Gasteiger partial charge is 0.324 e. The number of carbonyl (C=O) groups excluding carboxylic acids is 1. The summed E-state index contributed by atoms with van der Waals surface area (Å²) in [5.74, 6) is 0.0197. The number of hydrogen-bond acceptors (Lipinski definition) is 2. The van der Waals surface area contributed by atoms with Crippen molar-refractivity contribution in [3.05, 3.63) is 29.3 Å². The molecule has 1 amide bonds. The second kappa shape index (κ2) is 6.71. The minimum absolute atomic E-state index is 0.0197. The second-order valence-electron chi connectivity index (χ2n) is 6.30. The predicted octanol–water partition coefficient (Wildman–Crippen LogP) is 3.27. The zero-order valence-corrected chi connectivity index (χ0v) is 12.8. The van der Waals surface area contributed by atoms with Gasteiger partial charge in [0.05, 0.1) is 6.54 Å². The van der Waals surface area contributed by atoms with Crippen molar-refractivity contribution in [2.45, 2.75) is 41.0 Å². The van der Waals surface area contributed by atoms with E-state index in [-0.39, 0.29) is 5.91 Å². The number of nitrogens with one attached hydrogen (secondary N) is 2. The number of hydrogen-bond donors (Lipinski definition) is 2. The Balaban J connectivity index is 2.40. The van der Waals surface area contributed by atoms with Gasteiger partial charge >= 0.3 is 0 Å². The third kappa shape index (κ3) is 5.88. The lowest BCUT2D eigenvalue weighted by molar-refractivity contribution is -0.115. The van der Waals surface area contributed by atoms with Crippen molar-refractivity contribution in [2.24, 2.45) is 5.41 Å². The molecule has 3 nitrogen and oxygen atoms in total. The van der Waals surface area contributed by atoms with E-state index in [9.17, 15) is 4.79 Å². The van der Waals surface area contributed by atoms with Crippen molar-refractivity contribution in [3.63, 3.8) is 0 Å². The molecule has 2 N–H and O–H groups in total. The van der Waals surface area contributed by atoms with E-state index >= 15 is 0 Å². The molecule has 0 atom stereocenters. The number of rotatable bonds is 5. The molecule has 0 aliphatic carbocycles. The minimum atomic E-state index is 0.0197. The van der Waals surface area contributed by atoms with Crippen molar-refractivity contribution in [1.29, 1.82) is 0 Å². The van der Waals surface area contributed by atoms with Crippen LogP contribution in [-0.4, -0.2) is 19.0 Å². The molecule has 0 aliphatic rings. The molecule has 0 unspecified atom stereocenters. The average Bonchev–Trinajstić information content (AvgIpc) is 2.28. The Bertz CT molecular complexity index is 413. The summed E-state index contributed by atoms with van der Waals surface area (Å²) in [5, 5.41) is 6.16. The molecule has 0 spiro atoms. The molecule has 0 saturated heterocycles. The fraction of sp³-hybridized carbons (Fsp3) is 0.562. The first-order chi connectivity index (χ1) is 8.79. The van der Waals surface area contributed by atoms with E-state index in [1.54, 1.807) is 0 Å². The van der Waals surface area contributed by atoms with Gasteiger partial charge in [0.15, 0.2) is 0 Å². The van der Waals surface area contributed by atoms with E-state index in [1.807, 2.05) is 32.0 Å². The van der Waals surface area contributed by atoms with Crippen molar-refractivity contribution in [1.82, 2.24) is 5.32 Å². The summed E-state index contributed by atoms with van der Waals surface area (Å²) < 4.78 is 0. The van der Waals surface area contributed by atoms with Crippen LogP contribution >= 0.6 is 0 Å². The maximum Gasteiger partial charge on any atom is 0.238 e. The van der Waals surface area contributed by atoms with Crippen LogP contribution in [0.2, 0.25) is 0 Å². The SMILES string of the molecule is Cc1cccc(C)c1NC(=O)CNCCC(C)(C)C. The first-order valence-electron chi connectivity index (χ1n) is 6.86. The highest BCUT2D eigenvalue weighted by atomic mass is 16.1. The molecule has 0 bridgehead atoms. The van der Waals surface area contributed by atoms with Crippen LogP contribution in [0.4, 0.5) is 5.69 Å². The van der Waals surface area contributed by atoms with Gasteiger partial charge in [-0.2, -0.15) is 0 Å². The molecule has 0 aromatic heterocycles. The summed E-state index contributed by atoms with van der Waals surface area (Å²) in [6.07, 6.45) is 1.06. The highest BCUT2D eigenvalue weighted by Gasteiger charge is 2.10. The van der Waals surface area contributed by atoms with E-state index in [4.69, 9.17) is 0 Å². The third-order valence-electron chi connectivity index (χ3n) is 3.08. The predicted molar refractivity (Wildman–Crippen MR) is 81.5 cm³/mol. The van der Waals surface area contributed by atoms with Gasteiger partial charge in [-0.3, -0.25) is 4.79 Å². The summed E-state index contributed by atoms with van der Waals surface area (Å²) in [5.41, 5.74) is 3.44. The lowest BCUT2D eigenvalue weighted by atomic mass is 9.92. The van der Waals surface area contributed by atoms with Crippen LogP contribution in [0.25, 0.3) is 0 Å². The van der Waals surface area contributed by atoms with Crippen LogP contribution in [0.15, 0.2) is 18.2 Å². The molecule has 0 radical (unpaired) electrons. The molecule has 1 aromatic rings. The highest BCUT2D eigenvalue weighted by molar-refractivity contribution is 5.93. The minimum Gasteiger partial charge on any atom is -0.324 e. The quantitative estimate of drug-likeness (QED) is 0.800.